The highest BCUT2D eigenvalue weighted by molar-refractivity contribution is 7.80. The predicted octanol–water partition coefficient (Wildman–Crippen LogP) is 5.85. The van der Waals surface area contributed by atoms with Crippen molar-refractivity contribution >= 4 is 51.5 Å². The molecule has 8 heteroatoms. The van der Waals surface area contributed by atoms with Crippen molar-refractivity contribution in [3.05, 3.63) is 90.2 Å². The summed E-state index contributed by atoms with van der Waals surface area (Å²) in [6, 6.07) is 23.0. The van der Waals surface area contributed by atoms with Crippen LogP contribution in [0.4, 0.5) is 11.4 Å². The summed E-state index contributed by atoms with van der Waals surface area (Å²) in [5.41, 5.74) is 2.35. The molecule has 0 saturated heterocycles. The third kappa shape index (κ3) is 6.45. The molecule has 3 aromatic carbocycles. The summed E-state index contributed by atoms with van der Waals surface area (Å²) in [6.45, 7) is 4.68. The van der Waals surface area contributed by atoms with Crippen LogP contribution in [-0.2, 0) is 0 Å². The second kappa shape index (κ2) is 10.8. The number of ether oxygens (including phenoxy) is 1. The molecule has 0 aliphatic carbocycles. The molecule has 0 aliphatic heterocycles. The number of hydrogen-bond acceptors (Lipinski definition) is 5. The van der Waals surface area contributed by atoms with Gasteiger partial charge in [0.25, 0.3) is 11.8 Å². The predicted molar refractivity (Wildman–Crippen MR) is 141 cm³/mol. The molecular formula is C27H25N3O4S. The normalized spacial score (nSPS) is 10.7. The van der Waals surface area contributed by atoms with Gasteiger partial charge < -0.3 is 19.8 Å². The lowest BCUT2D eigenvalue weighted by molar-refractivity contribution is 0.0974. The van der Waals surface area contributed by atoms with Crippen LogP contribution in [0.5, 0.6) is 5.75 Å². The lowest BCUT2D eigenvalue weighted by atomic mass is 10.2. The minimum atomic E-state index is -0.343. The number of nitrogens with one attached hydrogen (secondary N) is 3. The molecule has 0 fully saturated rings. The minimum Gasteiger partial charge on any atom is -0.493 e. The van der Waals surface area contributed by atoms with Gasteiger partial charge in [-0.15, -0.1) is 0 Å². The number of carbonyl (C=O) groups excluding carboxylic acids is 2. The lowest BCUT2D eigenvalue weighted by Crippen LogP contribution is -2.34. The van der Waals surface area contributed by atoms with E-state index in [1.54, 1.807) is 48.5 Å². The Morgan fingerprint density at radius 3 is 2.31 bits per heavy atom. The van der Waals surface area contributed by atoms with Crippen LogP contribution in [0.15, 0.2) is 83.3 Å². The molecule has 1 aromatic heterocycles. The van der Waals surface area contributed by atoms with Crippen LogP contribution in [0.1, 0.15) is 34.8 Å². The summed E-state index contributed by atoms with van der Waals surface area (Å²) in [6.07, 6.45) is 0. The highest BCUT2D eigenvalue weighted by Crippen LogP contribution is 2.21. The Labute approximate surface area is 208 Å². The van der Waals surface area contributed by atoms with Crippen LogP contribution < -0.4 is 20.7 Å². The second-order valence-electron chi connectivity index (χ2n) is 8.32. The number of hydrogen-bond donors (Lipinski definition) is 3. The van der Waals surface area contributed by atoms with Crippen LogP contribution in [0, 0.1) is 5.92 Å². The highest BCUT2D eigenvalue weighted by Gasteiger charge is 2.13. The molecule has 0 saturated carbocycles. The van der Waals surface area contributed by atoms with Crippen LogP contribution in [-0.4, -0.2) is 23.5 Å². The van der Waals surface area contributed by atoms with Crippen molar-refractivity contribution in [3.8, 4) is 5.75 Å². The number of carbonyl (C=O) groups is 2. The highest BCUT2D eigenvalue weighted by atomic mass is 32.1. The van der Waals surface area contributed by atoms with Gasteiger partial charge in [-0.3, -0.25) is 14.9 Å². The van der Waals surface area contributed by atoms with Gasteiger partial charge in [-0.05, 0) is 72.7 Å². The van der Waals surface area contributed by atoms with E-state index >= 15 is 0 Å². The standard InChI is InChI=1S/C27H25N3O4S/c1-17(2)16-33-22-8-5-7-19(14-22)25(31)30-27(35)29-21-12-10-20(11-13-21)28-26(32)24-15-18-6-3-4-9-23(18)34-24/h3-15,17H,16H2,1-2H3,(H,28,32)(H2,29,30,31,35). The van der Waals surface area contributed by atoms with E-state index in [0.29, 0.717) is 40.8 Å². The fraction of sp³-hybridized carbons (Fsp3) is 0.148. The Kier molecular flexibility index (Phi) is 7.42. The Balaban J connectivity index is 1.31. The van der Waals surface area contributed by atoms with Gasteiger partial charge in [0.2, 0.25) is 0 Å². The molecule has 0 spiro atoms. The van der Waals surface area contributed by atoms with Gasteiger partial charge in [0.05, 0.1) is 6.61 Å². The maximum absolute atomic E-state index is 12.6. The Morgan fingerprint density at radius 1 is 0.886 bits per heavy atom. The average molecular weight is 488 g/mol. The lowest BCUT2D eigenvalue weighted by Gasteiger charge is -2.12. The van der Waals surface area contributed by atoms with E-state index < -0.39 is 0 Å². The first-order chi connectivity index (χ1) is 16.9. The molecule has 0 unspecified atom stereocenters. The number of fused-ring (bicyclic) bond motifs is 1. The molecule has 35 heavy (non-hydrogen) atoms. The minimum absolute atomic E-state index is 0.155. The number of thiocarbonyl (C=S) groups is 1. The Hall–Kier alpha value is -4.17. The summed E-state index contributed by atoms with van der Waals surface area (Å²) in [5, 5.41) is 9.45. The maximum Gasteiger partial charge on any atom is 0.291 e. The molecular weight excluding hydrogens is 462 g/mol. The first-order valence-electron chi connectivity index (χ1n) is 11.1. The van der Waals surface area contributed by atoms with E-state index in [1.165, 1.54) is 0 Å². The monoisotopic (exact) mass is 487 g/mol. The van der Waals surface area contributed by atoms with Crippen molar-refractivity contribution in [1.29, 1.82) is 0 Å². The first-order valence-corrected chi connectivity index (χ1v) is 11.5. The van der Waals surface area contributed by atoms with Gasteiger partial charge in [0.1, 0.15) is 11.3 Å². The number of furan rings is 1. The van der Waals surface area contributed by atoms with Gasteiger partial charge in [-0.25, -0.2) is 0 Å². The molecule has 0 atom stereocenters. The zero-order valence-corrected chi connectivity index (χ0v) is 20.1. The third-order valence-electron chi connectivity index (χ3n) is 4.96. The SMILES string of the molecule is CC(C)COc1cccc(C(=O)NC(=S)Nc2ccc(NC(=O)c3cc4ccccc4o3)cc2)c1. The van der Waals surface area contributed by atoms with Crippen molar-refractivity contribution in [2.75, 3.05) is 17.2 Å². The number of para-hydroxylation sites is 1. The molecule has 2 amide bonds. The molecule has 0 radical (unpaired) electrons. The van der Waals surface area contributed by atoms with Crippen molar-refractivity contribution < 1.29 is 18.7 Å². The van der Waals surface area contributed by atoms with Crippen LogP contribution in [0.3, 0.4) is 0 Å². The third-order valence-corrected chi connectivity index (χ3v) is 5.16. The number of anilines is 2. The van der Waals surface area contributed by atoms with Gasteiger partial charge in [-0.1, -0.05) is 38.1 Å². The summed E-state index contributed by atoms with van der Waals surface area (Å²) < 4.78 is 11.3. The fourth-order valence-electron chi connectivity index (χ4n) is 3.25. The van der Waals surface area contributed by atoms with Gasteiger partial charge in [-0.2, -0.15) is 0 Å². The van der Waals surface area contributed by atoms with Crippen molar-refractivity contribution in [2.45, 2.75) is 13.8 Å². The Morgan fingerprint density at radius 2 is 1.60 bits per heavy atom. The van der Waals surface area contributed by atoms with E-state index in [1.807, 2.05) is 30.3 Å². The number of benzene rings is 3. The number of amides is 2. The molecule has 4 aromatic rings. The van der Waals surface area contributed by atoms with Crippen molar-refractivity contribution in [1.82, 2.24) is 5.32 Å². The van der Waals surface area contributed by atoms with Crippen molar-refractivity contribution in [2.24, 2.45) is 5.92 Å². The van der Waals surface area contributed by atoms with E-state index in [0.717, 1.165) is 5.39 Å². The second-order valence-corrected chi connectivity index (χ2v) is 8.73. The quantitative estimate of drug-likeness (QED) is 0.283. The molecule has 3 N–H and O–H groups in total. The summed E-state index contributed by atoms with van der Waals surface area (Å²) in [7, 11) is 0. The van der Waals surface area contributed by atoms with Crippen LogP contribution >= 0.6 is 12.2 Å². The summed E-state index contributed by atoms with van der Waals surface area (Å²) in [5.74, 6) is 0.562. The van der Waals surface area contributed by atoms with Crippen LogP contribution in [0.25, 0.3) is 11.0 Å². The molecule has 1 heterocycles. The van der Waals surface area contributed by atoms with Crippen molar-refractivity contribution in [3.63, 3.8) is 0 Å². The molecule has 7 nitrogen and oxygen atoms in total. The van der Waals surface area contributed by atoms with Gasteiger partial charge in [0.15, 0.2) is 10.9 Å². The topological polar surface area (TPSA) is 92.6 Å². The van der Waals surface area contributed by atoms with E-state index in [-0.39, 0.29) is 22.7 Å². The van der Waals surface area contributed by atoms with Crippen LogP contribution in [0.2, 0.25) is 0 Å². The molecule has 4 rings (SSSR count). The number of rotatable bonds is 7. The molecule has 0 bridgehead atoms. The average Bonchev–Trinajstić information content (AvgIpc) is 3.29. The van der Waals surface area contributed by atoms with Gasteiger partial charge >= 0.3 is 0 Å². The van der Waals surface area contributed by atoms with Gasteiger partial charge in [0, 0.05) is 22.3 Å². The molecule has 178 valence electrons. The van der Waals surface area contributed by atoms with E-state index in [9.17, 15) is 9.59 Å². The fourth-order valence-corrected chi connectivity index (χ4v) is 3.46. The summed E-state index contributed by atoms with van der Waals surface area (Å²) in [4.78, 5) is 25.1. The van der Waals surface area contributed by atoms with E-state index in [2.05, 4.69) is 29.8 Å². The summed E-state index contributed by atoms with van der Waals surface area (Å²) >= 11 is 5.27. The zero-order chi connectivity index (χ0) is 24.8. The smallest absolute Gasteiger partial charge is 0.291 e. The van der Waals surface area contributed by atoms with E-state index in [4.69, 9.17) is 21.4 Å². The zero-order valence-electron chi connectivity index (χ0n) is 19.3. The first kappa shape index (κ1) is 24.0. The maximum atomic E-state index is 12.6. The largest absolute Gasteiger partial charge is 0.493 e. The molecule has 0 aliphatic rings. The Bertz CT molecular complexity index is 1330.